The van der Waals surface area contributed by atoms with Crippen molar-refractivity contribution in [2.45, 2.75) is 19.9 Å². The highest BCUT2D eigenvalue weighted by Gasteiger charge is 2.39. The summed E-state index contributed by atoms with van der Waals surface area (Å²) in [6.45, 7) is 6.46. The second-order valence-electron chi connectivity index (χ2n) is 6.30. The maximum Gasteiger partial charge on any atom is 0.274 e. The number of hydrogen-bond acceptors (Lipinski definition) is 5. The lowest BCUT2D eigenvalue weighted by Gasteiger charge is -2.43. The standard InChI is InChI=1S/C15H22FN3O3.ClH/c1-15(2,10-20)14(18-7-5-17-6-8-18)12-9-11(16)3-4-13(12)19(21)22;/h3-4,9,14,17,20H,5-8,10H2,1-2H3;1H/t14-;/m0./s1. The molecule has 1 saturated heterocycles. The van der Waals surface area contributed by atoms with Crippen LogP contribution in [0.1, 0.15) is 25.5 Å². The van der Waals surface area contributed by atoms with Gasteiger partial charge in [-0.05, 0) is 12.1 Å². The summed E-state index contributed by atoms with van der Waals surface area (Å²) in [7, 11) is 0. The van der Waals surface area contributed by atoms with E-state index >= 15 is 0 Å². The molecule has 1 aromatic rings. The molecule has 0 spiro atoms. The topological polar surface area (TPSA) is 78.6 Å². The molecule has 0 saturated carbocycles. The van der Waals surface area contributed by atoms with E-state index in [9.17, 15) is 19.6 Å². The van der Waals surface area contributed by atoms with Crippen molar-refractivity contribution < 1.29 is 14.4 Å². The highest BCUT2D eigenvalue weighted by Crippen LogP contribution is 2.42. The highest BCUT2D eigenvalue weighted by molar-refractivity contribution is 5.85. The van der Waals surface area contributed by atoms with Crippen molar-refractivity contribution in [3.05, 3.63) is 39.7 Å². The van der Waals surface area contributed by atoms with Crippen LogP contribution in [0.15, 0.2) is 18.2 Å². The Bertz CT molecular complexity index is 551. The maximum absolute atomic E-state index is 13.7. The van der Waals surface area contributed by atoms with E-state index < -0.39 is 22.2 Å². The van der Waals surface area contributed by atoms with Gasteiger partial charge in [-0.1, -0.05) is 13.8 Å². The molecule has 0 aliphatic carbocycles. The molecule has 0 unspecified atom stereocenters. The molecule has 1 aromatic carbocycles. The van der Waals surface area contributed by atoms with Gasteiger partial charge in [-0.3, -0.25) is 15.0 Å². The monoisotopic (exact) mass is 347 g/mol. The molecule has 1 fully saturated rings. The summed E-state index contributed by atoms with van der Waals surface area (Å²) < 4.78 is 13.7. The van der Waals surface area contributed by atoms with Crippen molar-refractivity contribution in [3.63, 3.8) is 0 Å². The average molecular weight is 348 g/mol. The van der Waals surface area contributed by atoms with Gasteiger partial charge in [0.05, 0.1) is 10.5 Å². The number of halogens is 2. The molecule has 1 heterocycles. The lowest BCUT2D eigenvalue weighted by Crippen LogP contribution is -2.49. The Morgan fingerprint density at radius 1 is 1.43 bits per heavy atom. The summed E-state index contributed by atoms with van der Waals surface area (Å²) in [5.74, 6) is -0.505. The quantitative estimate of drug-likeness (QED) is 0.630. The SMILES string of the molecule is CC(C)(CO)[C@H](c1cc(F)ccc1[N+](=O)[O-])N1CCNCC1.Cl. The first-order valence-corrected chi connectivity index (χ1v) is 7.36. The van der Waals surface area contributed by atoms with Crippen molar-refractivity contribution in [2.75, 3.05) is 32.8 Å². The molecule has 6 nitrogen and oxygen atoms in total. The van der Waals surface area contributed by atoms with E-state index in [-0.39, 0.29) is 24.7 Å². The smallest absolute Gasteiger partial charge is 0.274 e. The summed E-state index contributed by atoms with van der Waals surface area (Å²) in [4.78, 5) is 12.9. The van der Waals surface area contributed by atoms with Gasteiger partial charge in [-0.2, -0.15) is 0 Å². The molecule has 2 N–H and O–H groups in total. The number of nitrogens with one attached hydrogen (secondary N) is 1. The fraction of sp³-hybridized carbons (Fsp3) is 0.600. The molecule has 0 aromatic heterocycles. The van der Waals surface area contributed by atoms with Crippen molar-refractivity contribution >= 4 is 18.1 Å². The van der Waals surface area contributed by atoms with Gasteiger partial charge in [0, 0.05) is 50.3 Å². The van der Waals surface area contributed by atoms with Crippen LogP contribution >= 0.6 is 12.4 Å². The maximum atomic E-state index is 13.7. The molecule has 23 heavy (non-hydrogen) atoms. The highest BCUT2D eigenvalue weighted by atomic mass is 35.5. The summed E-state index contributed by atoms with van der Waals surface area (Å²) in [6, 6.07) is 3.11. The van der Waals surface area contributed by atoms with E-state index in [2.05, 4.69) is 10.2 Å². The predicted octanol–water partition coefficient (Wildman–Crippen LogP) is 2.12. The van der Waals surface area contributed by atoms with Gasteiger partial charge < -0.3 is 10.4 Å². The summed E-state index contributed by atoms with van der Waals surface area (Å²) in [5.41, 5.74) is -0.409. The first-order valence-electron chi connectivity index (χ1n) is 7.36. The number of piperazine rings is 1. The summed E-state index contributed by atoms with van der Waals surface area (Å²) >= 11 is 0. The fourth-order valence-corrected chi connectivity index (χ4v) is 3.05. The molecule has 0 radical (unpaired) electrons. The van der Waals surface area contributed by atoms with Gasteiger partial charge in [0.25, 0.3) is 5.69 Å². The Morgan fingerprint density at radius 2 is 2.04 bits per heavy atom. The van der Waals surface area contributed by atoms with Crippen LogP contribution in [0.3, 0.4) is 0 Å². The summed E-state index contributed by atoms with van der Waals surface area (Å²) in [5, 5.41) is 24.3. The number of rotatable bonds is 5. The van der Waals surface area contributed by atoms with Crippen LogP contribution < -0.4 is 5.32 Å². The lowest BCUT2D eigenvalue weighted by atomic mass is 9.79. The van der Waals surface area contributed by atoms with Gasteiger partial charge >= 0.3 is 0 Å². The molecular weight excluding hydrogens is 325 g/mol. The minimum absolute atomic E-state index is 0. The van der Waals surface area contributed by atoms with Crippen LogP contribution in [0.4, 0.5) is 10.1 Å². The Labute approximate surface area is 141 Å². The number of nitro benzene ring substituents is 1. The third kappa shape index (κ3) is 4.38. The first kappa shape index (κ1) is 19.8. The van der Waals surface area contributed by atoms with E-state index in [1.807, 2.05) is 13.8 Å². The molecule has 1 aliphatic rings. The number of nitrogens with zero attached hydrogens (tertiary/aromatic N) is 2. The number of benzene rings is 1. The van der Waals surface area contributed by atoms with E-state index in [0.717, 1.165) is 19.2 Å². The first-order chi connectivity index (χ1) is 10.4. The molecule has 2 rings (SSSR count). The van der Waals surface area contributed by atoms with E-state index in [1.165, 1.54) is 12.1 Å². The third-order valence-electron chi connectivity index (χ3n) is 4.15. The van der Waals surface area contributed by atoms with Gasteiger partial charge in [-0.25, -0.2) is 4.39 Å². The molecule has 8 heteroatoms. The second-order valence-corrected chi connectivity index (χ2v) is 6.30. The number of hydrogen-bond donors (Lipinski definition) is 2. The van der Waals surface area contributed by atoms with E-state index in [1.54, 1.807) is 0 Å². The zero-order chi connectivity index (χ0) is 16.3. The normalized spacial score (nSPS) is 17.4. The largest absolute Gasteiger partial charge is 0.396 e. The lowest BCUT2D eigenvalue weighted by molar-refractivity contribution is -0.386. The van der Waals surface area contributed by atoms with E-state index in [0.29, 0.717) is 18.7 Å². The molecule has 0 amide bonds. The van der Waals surface area contributed by atoms with Gasteiger partial charge in [0.15, 0.2) is 0 Å². The van der Waals surface area contributed by atoms with Crippen LogP contribution in [-0.4, -0.2) is 47.7 Å². The number of aliphatic hydroxyl groups is 1. The number of nitro groups is 1. The Hall–Kier alpha value is -1.28. The molecular formula is C15H23ClFN3O3. The Kier molecular flexibility index (Phi) is 6.88. The minimum atomic E-state index is -0.629. The van der Waals surface area contributed by atoms with Crippen molar-refractivity contribution in [2.24, 2.45) is 5.41 Å². The van der Waals surface area contributed by atoms with Gasteiger partial charge in [-0.15, -0.1) is 12.4 Å². The van der Waals surface area contributed by atoms with Crippen molar-refractivity contribution in [1.82, 2.24) is 10.2 Å². The van der Waals surface area contributed by atoms with Crippen LogP contribution in [0.2, 0.25) is 0 Å². The molecule has 130 valence electrons. The fourth-order valence-electron chi connectivity index (χ4n) is 3.05. The summed E-state index contributed by atoms with van der Waals surface area (Å²) in [6.07, 6.45) is 0. The Morgan fingerprint density at radius 3 is 2.57 bits per heavy atom. The zero-order valence-electron chi connectivity index (χ0n) is 13.3. The minimum Gasteiger partial charge on any atom is -0.396 e. The third-order valence-corrected chi connectivity index (χ3v) is 4.15. The van der Waals surface area contributed by atoms with E-state index in [4.69, 9.17) is 0 Å². The average Bonchev–Trinajstić information content (AvgIpc) is 2.48. The zero-order valence-corrected chi connectivity index (χ0v) is 14.1. The van der Waals surface area contributed by atoms with Crippen LogP contribution in [-0.2, 0) is 0 Å². The van der Waals surface area contributed by atoms with Crippen molar-refractivity contribution in [1.29, 1.82) is 0 Å². The van der Waals surface area contributed by atoms with Gasteiger partial charge in [0.2, 0.25) is 0 Å². The number of aliphatic hydroxyl groups excluding tert-OH is 1. The van der Waals surface area contributed by atoms with Crippen molar-refractivity contribution in [3.8, 4) is 0 Å². The Balaban J connectivity index is 0.00000264. The van der Waals surface area contributed by atoms with Crippen LogP contribution in [0.25, 0.3) is 0 Å². The van der Waals surface area contributed by atoms with Crippen LogP contribution in [0.5, 0.6) is 0 Å². The van der Waals surface area contributed by atoms with Crippen LogP contribution in [0, 0.1) is 21.3 Å². The molecule has 1 atom stereocenters. The molecule has 1 aliphatic heterocycles. The molecule has 0 bridgehead atoms. The second kappa shape index (κ2) is 8.01. The van der Waals surface area contributed by atoms with Gasteiger partial charge in [0.1, 0.15) is 5.82 Å². The predicted molar refractivity (Wildman–Crippen MR) is 88.4 cm³/mol.